The minimum atomic E-state index is -3.52. The van der Waals surface area contributed by atoms with Crippen LogP contribution >= 0.6 is 33.9 Å². The van der Waals surface area contributed by atoms with E-state index in [1.807, 2.05) is 30.3 Å². The molecule has 2 N–H and O–H groups in total. The fraction of sp³-hybridized carbons (Fsp3) is 0.222. The van der Waals surface area contributed by atoms with E-state index in [-0.39, 0.29) is 12.3 Å². The second-order valence-electron chi connectivity index (χ2n) is 9.23. The molecule has 0 saturated heterocycles. The molecule has 0 radical (unpaired) electrons. The van der Waals surface area contributed by atoms with Gasteiger partial charge in [0.1, 0.15) is 0 Å². The number of aliphatic imine (C=N–C) groups is 1. The molecule has 2 amide bonds. The highest BCUT2D eigenvalue weighted by Crippen LogP contribution is 2.30. The van der Waals surface area contributed by atoms with Crippen LogP contribution in [-0.2, 0) is 35.1 Å². The minimum Gasteiger partial charge on any atom is -0.327 e. The average molecular weight is 674 g/mol. The molecule has 0 aliphatic carbocycles. The van der Waals surface area contributed by atoms with E-state index in [9.17, 15) is 26.4 Å². The summed E-state index contributed by atoms with van der Waals surface area (Å²) in [6.07, 6.45) is 1.24. The number of hydrogen-bond acceptors (Lipinski definition) is 7. The summed E-state index contributed by atoms with van der Waals surface area (Å²) in [6, 6.07) is 19.1. The number of amides is 2. The molecule has 224 valence electrons. The number of anilines is 2. The minimum absolute atomic E-state index is 0.0837. The summed E-state index contributed by atoms with van der Waals surface area (Å²) in [4.78, 5) is 32.3. The first-order valence-corrected chi connectivity index (χ1v) is 17.5. The molecule has 3 aromatic carbocycles. The summed E-state index contributed by atoms with van der Waals surface area (Å²) in [6.45, 7) is 0. The van der Waals surface area contributed by atoms with Crippen LogP contribution in [-0.4, -0.2) is 60.1 Å². The highest BCUT2D eigenvalue weighted by molar-refractivity contribution is 8.13. The Labute approximate surface area is 259 Å². The number of carbonyl (C=O) groups excluding carboxylic acids is 2. The number of likely N-dealkylation sites (N-methyl/N-ethyl adjacent to an activating group) is 1. The van der Waals surface area contributed by atoms with Crippen molar-refractivity contribution in [1.29, 1.82) is 0 Å². The summed E-state index contributed by atoms with van der Waals surface area (Å²) in [5, 5.41) is 3.69. The maximum Gasteiger partial charge on any atom is 0.272 e. The van der Waals surface area contributed by atoms with Gasteiger partial charge in [-0.25, -0.2) is 21.8 Å². The lowest BCUT2D eigenvalue weighted by molar-refractivity contribution is -0.127. The van der Waals surface area contributed by atoms with E-state index >= 15 is 0 Å². The fourth-order valence-corrected chi connectivity index (χ4v) is 5.03. The van der Waals surface area contributed by atoms with Gasteiger partial charge >= 0.3 is 0 Å². The summed E-state index contributed by atoms with van der Waals surface area (Å²) >= 11 is 12.2. The number of carbonyl (C=O) groups is 2. The largest absolute Gasteiger partial charge is 0.327 e. The van der Waals surface area contributed by atoms with Crippen molar-refractivity contribution >= 4 is 81.9 Å². The van der Waals surface area contributed by atoms with Gasteiger partial charge in [0.05, 0.1) is 23.9 Å². The number of benzene rings is 3. The number of nitrogens with zero attached hydrogens (tertiary/aromatic N) is 2. The molecule has 0 fully saturated rings. The number of rotatable bonds is 7. The number of hydrogen-bond donors (Lipinski definition) is 2. The average Bonchev–Trinajstić information content (AvgIpc) is 2.97. The first-order valence-electron chi connectivity index (χ1n) is 12.2. The van der Waals surface area contributed by atoms with Crippen LogP contribution in [0.15, 0.2) is 71.7 Å². The van der Waals surface area contributed by atoms with Crippen LogP contribution in [0.4, 0.5) is 11.4 Å². The Kier molecular flexibility index (Phi) is 11.0. The third kappa shape index (κ3) is 9.99. The van der Waals surface area contributed by atoms with Gasteiger partial charge in [-0.3, -0.25) is 14.3 Å². The van der Waals surface area contributed by atoms with Crippen LogP contribution in [0.2, 0.25) is 10.0 Å². The van der Waals surface area contributed by atoms with E-state index in [1.165, 1.54) is 4.90 Å². The Balaban J connectivity index is 0.000000892. The molecule has 0 aromatic heterocycles. The van der Waals surface area contributed by atoms with Gasteiger partial charge in [0.15, 0.2) is 0 Å². The molecule has 0 saturated carbocycles. The molecule has 1 aliphatic rings. The third-order valence-electron chi connectivity index (χ3n) is 5.72. The lowest BCUT2D eigenvalue weighted by atomic mass is 10.00. The van der Waals surface area contributed by atoms with Crippen LogP contribution in [0, 0.1) is 0 Å². The zero-order valence-corrected chi connectivity index (χ0v) is 26.5. The van der Waals surface area contributed by atoms with Crippen molar-refractivity contribution in [3.05, 3.63) is 93.5 Å². The quantitative estimate of drug-likeness (QED) is 0.355. The lowest BCUT2D eigenvalue weighted by Gasteiger charge is -2.21. The second-order valence-corrected chi connectivity index (χ2v) is 14.9. The predicted octanol–water partition coefficient (Wildman–Crippen LogP) is 4.44. The van der Waals surface area contributed by atoms with Gasteiger partial charge in [-0.2, -0.15) is 0 Å². The Morgan fingerprint density at radius 2 is 1.62 bits per heavy atom. The smallest absolute Gasteiger partial charge is 0.272 e. The molecule has 4 rings (SSSR count). The summed E-state index contributed by atoms with van der Waals surface area (Å²) in [7, 11) is -0.633. The van der Waals surface area contributed by atoms with Crippen LogP contribution < -0.4 is 14.9 Å². The van der Waals surface area contributed by atoms with E-state index in [1.54, 1.807) is 43.4 Å². The molecular weight excluding hydrogens is 647 g/mol. The predicted molar refractivity (Wildman–Crippen MR) is 168 cm³/mol. The molecule has 3 aromatic rings. The number of nitrogens with one attached hydrogen (secondary N) is 2. The van der Waals surface area contributed by atoms with Gasteiger partial charge in [-0.05, 0) is 42.3 Å². The molecule has 0 unspecified atom stereocenters. The van der Waals surface area contributed by atoms with Crippen LogP contribution in [0.25, 0.3) is 0 Å². The Morgan fingerprint density at radius 3 is 2.21 bits per heavy atom. The molecule has 15 heteroatoms. The van der Waals surface area contributed by atoms with Gasteiger partial charge in [-0.1, -0.05) is 59.6 Å². The maximum atomic E-state index is 13.4. The van der Waals surface area contributed by atoms with Crippen molar-refractivity contribution in [2.75, 3.05) is 29.2 Å². The Hall–Kier alpha value is -3.16. The molecule has 0 spiro atoms. The number of fused-ring (bicyclic) bond motifs is 1. The topological polar surface area (TPSA) is 142 Å². The van der Waals surface area contributed by atoms with Gasteiger partial charge in [0, 0.05) is 51.0 Å². The van der Waals surface area contributed by atoms with E-state index in [2.05, 4.69) is 25.7 Å². The van der Waals surface area contributed by atoms with Gasteiger partial charge < -0.3 is 10.2 Å². The summed E-state index contributed by atoms with van der Waals surface area (Å²) in [5.74, 6) is -0.812. The number of halogens is 3. The molecule has 1 heterocycles. The molecule has 1 atom stereocenters. The summed E-state index contributed by atoms with van der Waals surface area (Å²) < 4.78 is 44.9. The normalized spacial score (nSPS) is 15.0. The van der Waals surface area contributed by atoms with Crippen LogP contribution in [0.3, 0.4) is 0 Å². The van der Waals surface area contributed by atoms with Gasteiger partial charge in [0.2, 0.25) is 31.1 Å². The van der Waals surface area contributed by atoms with Crippen molar-refractivity contribution in [3.63, 3.8) is 0 Å². The first-order chi connectivity index (χ1) is 19.5. The standard InChI is InChI=1S/C26H24Cl2N4O4S.CH3ClO2S/c1-32-22-12-11-19(31-37(2,35)36)15-20(22)24(17-6-4-3-5-7-17)30-25(26(32)34)29-23(33)13-9-16-8-10-18(27)14-21(16)28;1-5(2,3)4/h3-8,10-12,14-15,25,31H,9,13H2,1-2H3,(H,29,33);1H3/t25-;/m1./s1. The van der Waals surface area contributed by atoms with Crippen LogP contribution in [0.1, 0.15) is 23.1 Å². The highest BCUT2D eigenvalue weighted by atomic mass is 35.7. The van der Waals surface area contributed by atoms with Crippen molar-refractivity contribution in [2.45, 2.75) is 19.0 Å². The third-order valence-corrected chi connectivity index (χ3v) is 6.91. The SMILES string of the molecule is CN1C(=O)[C@H](NC(=O)CCc2ccc(Cl)cc2Cl)N=C(c2ccccc2)c2cc(NS(C)(=O)=O)ccc21.CS(=O)(=O)Cl. The van der Waals surface area contributed by atoms with Gasteiger partial charge in [0.25, 0.3) is 5.91 Å². The van der Waals surface area contributed by atoms with Crippen molar-refractivity contribution in [2.24, 2.45) is 4.99 Å². The number of aryl methyl sites for hydroxylation is 1. The molecule has 0 bridgehead atoms. The van der Waals surface area contributed by atoms with E-state index in [0.29, 0.717) is 44.7 Å². The number of sulfonamides is 1. The van der Waals surface area contributed by atoms with Crippen LogP contribution in [0.5, 0.6) is 0 Å². The lowest BCUT2D eigenvalue weighted by Crippen LogP contribution is -2.46. The molecule has 1 aliphatic heterocycles. The van der Waals surface area contributed by atoms with Crippen molar-refractivity contribution < 1.29 is 26.4 Å². The molecule has 42 heavy (non-hydrogen) atoms. The zero-order valence-electron chi connectivity index (χ0n) is 22.6. The van der Waals surface area contributed by atoms with E-state index in [0.717, 1.165) is 18.1 Å². The molecular formula is C27H27Cl3N4O6S2. The van der Waals surface area contributed by atoms with Gasteiger partial charge in [-0.15, -0.1) is 0 Å². The first kappa shape index (κ1) is 33.3. The number of benzodiazepines with no additional fused rings is 1. The van der Waals surface area contributed by atoms with E-state index < -0.39 is 31.1 Å². The Morgan fingerprint density at radius 1 is 0.976 bits per heavy atom. The second kappa shape index (κ2) is 13.9. The summed E-state index contributed by atoms with van der Waals surface area (Å²) in [5.41, 5.74) is 3.30. The van der Waals surface area contributed by atoms with E-state index in [4.69, 9.17) is 23.2 Å². The highest BCUT2D eigenvalue weighted by Gasteiger charge is 2.31. The monoisotopic (exact) mass is 672 g/mol. The zero-order chi connectivity index (χ0) is 31.2. The fourth-order valence-electron chi connectivity index (χ4n) is 3.97. The molecule has 10 nitrogen and oxygen atoms in total. The Bertz CT molecular complexity index is 1730. The van der Waals surface area contributed by atoms with Crippen molar-refractivity contribution in [1.82, 2.24) is 5.32 Å². The maximum absolute atomic E-state index is 13.4. The van der Waals surface area contributed by atoms with Crippen molar-refractivity contribution in [3.8, 4) is 0 Å².